The predicted octanol–water partition coefficient (Wildman–Crippen LogP) is 2.90. The number of hydrogen-bond acceptors (Lipinski definition) is 3. The molecule has 3 nitrogen and oxygen atoms in total. The zero-order chi connectivity index (χ0) is 14.3. The number of carbonyl (C=O) groups is 1. The molecular weight excluding hydrogens is 238 g/mol. The van der Waals surface area contributed by atoms with Crippen molar-refractivity contribution in [1.82, 2.24) is 5.32 Å². The molecule has 1 atom stereocenters. The van der Waals surface area contributed by atoms with Gasteiger partial charge in [0, 0.05) is 12.6 Å². The van der Waals surface area contributed by atoms with Crippen molar-refractivity contribution in [1.29, 1.82) is 0 Å². The predicted molar refractivity (Wildman–Crippen MR) is 78.2 cm³/mol. The lowest BCUT2D eigenvalue weighted by Gasteiger charge is -2.29. The van der Waals surface area contributed by atoms with E-state index in [-0.39, 0.29) is 11.4 Å². The molecule has 3 heteroatoms. The Kier molecular flexibility index (Phi) is 6.03. The number of nitrogens with one attached hydrogen (secondary N) is 1. The molecule has 1 aromatic carbocycles. The molecule has 0 fully saturated rings. The van der Waals surface area contributed by atoms with Crippen LogP contribution in [0.15, 0.2) is 30.3 Å². The van der Waals surface area contributed by atoms with Gasteiger partial charge in [-0.25, -0.2) is 0 Å². The van der Waals surface area contributed by atoms with Gasteiger partial charge < -0.3 is 10.1 Å². The first-order valence-electron chi connectivity index (χ1n) is 6.81. The standard InChI is InChI=1S/C16H25NO2/c1-13(17-11-10-15(18)19-4)12-16(2,3)14-8-6-5-7-9-14/h5-9,13,17H,10-12H2,1-4H3. The number of rotatable bonds is 7. The van der Waals surface area contributed by atoms with E-state index < -0.39 is 0 Å². The van der Waals surface area contributed by atoms with Crippen LogP contribution in [0.2, 0.25) is 0 Å². The van der Waals surface area contributed by atoms with Crippen LogP contribution in [0.3, 0.4) is 0 Å². The molecule has 0 amide bonds. The number of benzene rings is 1. The van der Waals surface area contributed by atoms with Crippen molar-refractivity contribution in [2.45, 2.75) is 45.1 Å². The molecule has 0 aliphatic rings. The van der Waals surface area contributed by atoms with Gasteiger partial charge in [-0.1, -0.05) is 44.2 Å². The second-order valence-corrected chi connectivity index (χ2v) is 5.64. The highest BCUT2D eigenvalue weighted by atomic mass is 16.5. The van der Waals surface area contributed by atoms with Gasteiger partial charge in [-0.3, -0.25) is 4.79 Å². The van der Waals surface area contributed by atoms with Crippen molar-refractivity contribution in [3.8, 4) is 0 Å². The first kappa shape index (κ1) is 15.7. The molecule has 106 valence electrons. The molecule has 1 unspecified atom stereocenters. The van der Waals surface area contributed by atoms with Crippen molar-refractivity contribution in [2.24, 2.45) is 0 Å². The zero-order valence-electron chi connectivity index (χ0n) is 12.4. The van der Waals surface area contributed by atoms with E-state index in [4.69, 9.17) is 0 Å². The second-order valence-electron chi connectivity index (χ2n) is 5.64. The van der Waals surface area contributed by atoms with Gasteiger partial charge >= 0.3 is 5.97 Å². The highest BCUT2D eigenvalue weighted by Gasteiger charge is 2.22. The normalized spacial score (nSPS) is 13.1. The lowest BCUT2D eigenvalue weighted by Crippen LogP contribution is -2.34. The van der Waals surface area contributed by atoms with E-state index in [2.05, 4.69) is 55.1 Å². The average molecular weight is 263 g/mol. The lowest BCUT2D eigenvalue weighted by molar-refractivity contribution is -0.140. The summed E-state index contributed by atoms with van der Waals surface area (Å²) in [7, 11) is 1.42. The highest BCUT2D eigenvalue weighted by molar-refractivity contribution is 5.69. The van der Waals surface area contributed by atoms with Crippen molar-refractivity contribution >= 4 is 5.97 Å². The van der Waals surface area contributed by atoms with E-state index in [1.54, 1.807) is 0 Å². The summed E-state index contributed by atoms with van der Waals surface area (Å²) >= 11 is 0. The third-order valence-electron chi connectivity index (χ3n) is 3.42. The zero-order valence-corrected chi connectivity index (χ0v) is 12.4. The third kappa shape index (κ3) is 5.43. The molecule has 0 radical (unpaired) electrons. The number of ether oxygens (including phenoxy) is 1. The van der Waals surface area contributed by atoms with Crippen LogP contribution in [0.1, 0.15) is 39.2 Å². The van der Waals surface area contributed by atoms with E-state index in [9.17, 15) is 4.79 Å². The summed E-state index contributed by atoms with van der Waals surface area (Å²) in [6, 6.07) is 10.9. The lowest BCUT2D eigenvalue weighted by atomic mass is 9.79. The van der Waals surface area contributed by atoms with Gasteiger partial charge in [0.15, 0.2) is 0 Å². The van der Waals surface area contributed by atoms with Gasteiger partial charge in [0.1, 0.15) is 0 Å². The van der Waals surface area contributed by atoms with Gasteiger partial charge in [0.25, 0.3) is 0 Å². The van der Waals surface area contributed by atoms with Gasteiger partial charge in [-0.05, 0) is 24.3 Å². The van der Waals surface area contributed by atoms with Crippen LogP contribution in [-0.4, -0.2) is 25.7 Å². The maximum Gasteiger partial charge on any atom is 0.306 e. The van der Waals surface area contributed by atoms with Crippen LogP contribution in [0.25, 0.3) is 0 Å². The highest BCUT2D eigenvalue weighted by Crippen LogP contribution is 2.27. The first-order chi connectivity index (χ1) is 8.95. The summed E-state index contributed by atoms with van der Waals surface area (Å²) in [5.41, 5.74) is 1.47. The van der Waals surface area contributed by atoms with Crippen LogP contribution >= 0.6 is 0 Å². The van der Waals surface area contributed by atoms with E-state index in [1.165, 1.54) is 12.7 Å². The molecule has 0 bridgehead atoms. The molecule has 1 aromatic rings. The molecule has 1 N–H and O–H groups in total. The van der Waals surface area contributed by atoms with Gasteiger partial charge in [-0.2, -0.15) is 0 Å². The molecule has 0 saturated heterocycles. The summed E-state index contributed by atoms with van der Waals surface area (Å²) < 4.78 is 4.62. The average Bonchev–Trinajstić information content (AvgIpc) is 2.39. The van der Waals surface area contributed by atoms with Crippen molar-refractivity contribution in [3.05, 3.63) is 35.9 Å². The van der Waals surface area contributed by atoms with Crippen LogP contribution in [0, 0.1) is 0 Å². The monoisotopic (exact) mass is 263 g/mol. The molecule has 0 aromatic heterocycles. The Morgan fingerprint density at radius 2 is 1.95 bits per heavy atom. The third-order valence-corrected chi connectivity index (χ3v) is 3.42. The Morgan fingerprint density at radius 1 is 1.32 bits per heavy atom. The SMILES string of the molecule is COC(=O)CCNC(C)CC(C)(C)c1ccccc1. The Morgan fingerprint density at radius 3 is 2.53 bits per heavy atom. The van der Waals surface area contributed by atoms with Crippen LogP contribution in [0.5, 0.6) is 0 Å². The van der Waals surface area contributed by atoms with E-state index in [0.717, 1.165) is 6.42 Å². The van der Waals surface area contributed by atoms with Crippen LogP contribution in [0.4, 0.5) is 0 Å². The van der Waals surface area contributed by atoms with E-state index >= 15 is 0 Å². The summed E-state index contributed by atoms with van der Waals surface area (Å²) in [5, 5.41) is 3.37. The molecule has 19 heavy (non-hydrogen) atoms. The van der Waals surface area contributed by atoms with Gasteiger partial charge in [0.05, 0.1) is 13.5 Å². The maximum atomic E-state index is 11.0. The molecule has 0 aliphatic heterocycles. The molecule has 0 spiro atoms. The summed E-state index contributed by atoms with van der Waals surface area (Å²) in [6.45, 7) is 7.32. The summed E-state index contributed by atoms with van der Waals surface area (Å²) in [6.07, 6.45) is 1.45. The largest absolute Gasteiger partial charge is 0.469 e. The summed E-state index contributed by atoms with van der Waals surface area (Å²) in [4.78, 5) is 11.0. The Balaban J connectivity index is 2.43. The van der Waals surface area contributed by atoms with Gasteiger partial charge in [-0.15, -0.1) is 0 Å². The van der Waals surface area contributed by atoms with Crippen LogP contribution < -0.4 is 5.32 Å². The van der Waals surface area contributed by atoms with E-state index in [1.807, 2.05) is 6.07 Å². The fourth-order valence-corrected chi connectivity index (χ4v) is 2.37. The topological polar surface area (TPSA) is 38.3 Å². The Bertz CT molecular complexity index is 387. The Labute approximate surface area is 116 Å². The smallest absolute Gasteiger partial charge is 0.306 e. The Hall–Kier alpha value is -1.35. The molecule has 0 heterocycles. The molecule has 0 saturated carbocycles. The van der Waals surface area contributed by atoms with Crippen molar-refractivity contribution in [3.63, 3.8) is 0 Å². The minimum absolute atomic E-state index is 0.124. The van der Waals surface area contributed by atoms with Gasteiger partial charge in [0.2, 0.25) is 0 Å². The number of esters is 1. The summed E-state index contributed by atoms with van der Waals surface area (Å²) in [5.74, 6) is -0.165. The molecule has 0 aliphatic carbocycles. The second kappa shape index (κ2) is 7.29. The van der Waals surface area contributed by atoms with Crippen molar-refractivity contribution in [2.75, 3.05) is 13.7 Å². The fourth-order valence-electron chi connectivity index (χ4n) is 2.37. The van der Waals surface area contributed by atoms with E-state index in [0.29, 0.717) is 19.0 Å². The molecule has 1 rings (SSSR count). The minimum Gasteiger partial charge on any atom is -0.469 e. The minimum atomic E-state index is -0.165. The number of hydrogen-bond donors (Lipinski definition) is 1. The first-order valence-corrected chi connectivity index (χ1v) is 6.81. The van der Waals surface area contributed by atoms with Crippen LogP contribution in [-0.2, 0) is 14.9 Å². The van der Waals surface area contributed by atoms with Crippen molar-refractivity contribution < 1.29 is 9.53 Å². The maximum absolute atomic E-state index is 11.0. The quantitative estimate of drug-likeness (QED) is 0.769. The molecular formula is C16H25NO2. The number of methoxy groups -OCH3 is 1. The fraction of sp³-hybridized carbons (Fsp3) is 0.562. The number of carbonyl (C=O) groups excluding carboxylic acids is 1.